The number of amides is 2. The third-order valence-electron chi connectivity index (χ3n) is 3.19. The van der Waals surface area contributed by atoms with Crippen molar-refractivity contribution in [2.24, 2.45) is 5.18 Å². The van der Waals surface area contributed by atoms with E-state index in [1.807, 2.05) is 0 Å². The Bertz CT molecular complexity index is 748. The van der Waals surface area contributed by atoms with E-state index in [9.17, 15) is 9.70 Å². The Balaban J connectivity index is 2.18. The van der Waals surface area contributed by atoms with E-state index < -0.39 is 6.03 Å². The highest BCUT2D eigenvalue weighted by Gasteiger charge is 2.12. The van der Waals surface area contributed by atoms with Crippen LogP contribution in [-0.4, -0.2) is 27.4 Å². The van der Waals surface area contributed by atoms with Gasteiger partial charge in [-0.25, -0.2) is 4.79 Å². The summed E-state index contributed by atoms with van der Waals surface area (Å²) >= 11 is 0. The highest BCUT2D eigenvalue weighted by atomic mass is 16.5. The lowest BCUT2D eigenvalue weighted by molar-refractivity contribution is 0.262. The van der Waals surface area contributed by atoms with Crippen LogP contribution in [0.4, 0.5) is 21.9 Å². The lowest BCUT2D eigenvalue weighted by Crippen LogP contribution is -2.20. The predicted octanol–water partition coefficient (Wildman–Crippen LogP) is 3.75. The summed E-state index contributed by atoms with van der Waals surface area (Å²) in [5.41, 5.74) is 1.04. The topological polar surface area (TPSA) is 98.3 Å². The molecule has 2 rings (SSSR count). The molecule has 0 aliphatic rings. The fraction of sp³-hybridized carbons (Fsp3) is 0.188. The number of nitrogens with zero attached hydrogens (tertiary/aromatic N) is 1. The van der Waals surface area contributed by atoms with E-state index in [4.69, 9.17) is 14.2 Å². The van der Waals surface area contributed by atoms with Crippen molar-refractivity contribution in [3.63, 3.8) is 0 Å². The Morgan fingerprint density at radius 3 is 2.21 bits per heavy atom. The summed E-state index contributed by atoms with van der Waals surface area (Å²) in [6, 6.07) is 8.95. The first-order chi connectivity index (χ1) is 11.6. The minimum absolute atomic E-state index is 0.201. The zero-order valence-corrected chi connectivity index (χ0v) is 13.5. The number of rotatable bonds is 6. The third kappa shape index (κ3) is 3.92. The number of carbonyl (C=O) groups excluding carboxylic acids is 1. The first kappa shape index (κ1) is 17.1. The zero-order chi connectivity index (χ0) is 17.5. The second kappa shape index (κ2) is 7.82. The summed E-state index contributed by atoms with van der Waals surface area (Å²) in [4.78, 5) is 22.8. The number of urea groups is 1. The van der Waals surface area contributed by atoms with Crippen molar-refractivity contribution in [2.75, 3.05) is 32.0 Å². The number of hydrogen-bond acceptors (Lipinski definition) is 6. The second-order valence-corrected chi connectivity index (χ2v) is 4.62. The fourth-order valence-electron chi connectivity index (χ4n) is 2.03. The lowest BCUT2D eigenvalue weighted by Gasteiger charge is -2.14. The van der Waals surface area contributed by atoms with E-state index in [2.05, 4.69) is 15.8 Å². The van der Waals surface area contributed by atoms with Crippen molar-refractivity contribution in [1.29, 1.82) is 0 Å². The van der Waals surface area contributed by atoms with Gasteiger partial charge in [0, 0.05) is 12.1 Å². The number of methoxy groups -OCH3 is 3. The first-order valence-electron chi connectivity index (χ1n) is 6.92. The number of carbonyl (C=O) groups is 1. The molecule has 2 amide bonds. The molecule has 2 aromatic carbocycles. The molecule has 0 radical (unpaired) electrons. The summed E-state index contributed by atoms with van der Waals surface area (Å²) in [7, 11) is 4.45. The number of anilines is 2. The maximum Gasteiger partial charge on any atom is 0.323 e. The van der Waals surface area contributed by atoms with Gasteiger partial charge >= 0.3 is 6.03 Å². The molecule has 0 aliphatic carbocycles. The van der Waals surface area contributed by atoms with Crippen molar-refractivity contribution in [2.45, 2.75) is 0 Å². The highest BCUT2D eigenvalue weighted by Crippen LogP contribution is 2.31. The van der Waals surface area contributed by atoms with Crippen molar-refractivity contribution in [3.8, 4) is 17.2 Å². The van der Waals surface area contributed by atoms with Crippen LogP contribution in [-0.2, 0) is 0 Å². The maximum atomic E-state index is 12.2. The average Bonchev–Trinajstić information content (AvgIpc) is 2.61. The van der Waals surface area contributed by atoms with Crippen LogP contribution in [0.5, 0.6) is 17.2 Å². The van der Waals surface area contributed by atoms with Crippen molar-refractivity contribution in [1.82, 2.24) is 0 Å². The quantitative estimate of drug-likeness (QED) is 0.785. The predicted molar refractivity (Wildman–Crippen MR) is 90.6 cm³/mol. The molecule has 24 heavy (non-hydrogen) atoms. The Morgan fingerprint density at radius 1 is 0.875 bits per heavy atom. The van der Waals surface area contributed by atoms with Crippen LogP contribution in [0.2, 0.25) is 0 Å². The van der Waals surface area contributed by atoms with Crippen molar-refractivity contribution >= 4 is 23.1 Å². The van der Waals surface area contributed by atoms with Gasteiger partial charge in [0.1, 0.15) is 22.9 Å². The van der Waals surface area contributed by atoms with E-state index in [1.54, 1.807) is 18.2 Å². The number of nitroso groups, excluding NO2 is 1. The molecule has 0 aliphatic heterocycles. The van der Waals surface area contributed by atoms with E-state index in [0.29, 0.717) is 28.6 Å². The fourth-order valence-corrected chi connectivity index (χ4v) is 2.03. The Hall–Kier alpha value is -3.29. The molecule has 0 unspecified atom stereocenters. The van der Waals surface area contributed by atoms with E-state index in [-0.39, 0.29) is 5.69 Å². The van der Waals surface area contributed by atoms with Gasteiger partial charge in [-0.15, -0.1) is 4.91 Å². The molecule has 0 spiro atoms. The van der Waals surface area contributed by atoms with Gasteiger partial charge in [0.05, 0.1) is 32.7 Å². The first-order valence-corrected chi connectivity index (χ1v) is 6.92. The van der Waals surface area contributed by atoms with Crippen LogP contribution in [0, 0.1) is 4.91 Å². The number of nitrogens with one attached hydrogen (secondary N) is 2. The van der Waals surface area contributed by atoms with Gasteiger partial charge in [0.2, 0.25) is 0 Å². The monoisotopic (exact) mass is 331 g/mol. The van der Waals surface area contributed by atoms with Gasteiger partial charge in [0.15, 0.2) is 0 Å². The molecular weight excluding hydrogens is 314 g/mol. The lowest BCUT2D eigenvalue weighted by atomic mass is 10.2. The normalized spacial score (nSPS) is 9.79. The van der Waals surface area contributed by atoms with E-state index >= 15 is 0 Å². The molecule has 2 aromatic rings. The standard InChI is InChI=1S/C16H17N3O5/c1-22-11-5-7-14(23-2)13(9-11)18-16(20)17-12-6-4-10(19-21)8-15(12)24-3/h4-9H,1-3H3,(H2,17,18,20). The zero-order valence-electron chi connectivity index (χ0n) is 13.5. The summed E-state index contributed by atoms with van der Waals surface area (Å²) in [6.45, 7) is 0. The highest BCUT2D eigenvalue weighted by molar-refractivity contribution is 6.01. The van der Waals surface area contributed by atoms with Gasteiger partial charge in [-0.05, 0) is 29.4 Å². The van der Waals surface area contributed by atoms with Gasteiger partial charge in [-0.2, -0.15) is 0 Å². The molecule has 0 fully saturated rings. The molecule has 126 valence electrons. The smallest absolute Gasteiger partial charge is 0.323 e. The van der Waals surface area contributed by atoms with Crippen molar-refractivity contribution in [3.05, 3.63) is 41.3 Å². The summed E-state index contributed by atoms with van der Waals surface area (Å²) in [5.74, 6) is 1.38. The van der Waals surface area contributed by atoms with Crippen LogP contribution < -0.4 is 24.8 Å². The van der Waals surface area contributed by atoms with Crippen LogP contribution >= 0.6 is 0 Å². The SMILES string of the molecule is COc1ccc(OC)c(NC(=O)Nc2ccc(N=O)cc2OC)c1. The third-order valence-corrected chi connectivity index (χ3v) is 3.19. The van der Waals surface area contributed by atoms with Gasteiger partial charge in [-0.1, -0.05) is 0 Å². The summed E-state index contributed by atoms with van der Waals surface area (Å²) < 4.78 is 15.5. The Kier molecular flexibility index (Phi) is 5.56. The molecule has 8 nitrogen and oxygen atoms in total. The largest absolute Gasteiger partial charge is 0.497 e. The van der Waals surface area contributed by atoms with Crippen LogP contribution in [0.3, 0.4) is 0 Å². The summed E-state index contributed by atoms with van der Waals surface area (Å²) in [5, 5.41) is 8.12. The van der Waals surface area contributed by atoms with Gasteiger partial charge in [-0.3, -0.25) is 0 Å². The van der Waals surface area contributed by atoms with Gasteiger partial charge < -0.3 is 24.8 Å². The minimum Gasteiger partial charge on any atom is -0.497 e. The van der Waals surface area contributed by atoms with E-state index in [0.717, 1.165) is 0 Å². The second-order valence-electron chi connectivity index (χ2n) is 4.62. The van der Waals surface area contributed by atoms with Gasteiger partial charge in [0.25, 0.3) is 0 Å². The number of benzene rings is 2. The number of hydrogen-bond donors (Lipinski definition) is 2. The van der Waals surface area contributed by atoms with Crippen LogP contribution in [0.15, 0.2) is 41.6 Å². The molecular formula is C16H17N3O5. The average molecular weight is 331 g/mol. The Labute approximate surface area is 138 Å². The summed E-state index contributed by atoms with van der Waals surface area (Å²) in [6.07, 6.45) is 0. The molecule has 8 heteroatoms. The molecule has 2 N–H and O–H groups in total. The molecule has 0 heterocycles. The Morgan fingerprint density at radius 2 is 1.58 bits per heavy atom. The molecule has 0 atom stereocenters. The molecule has 0 aromatic heterocycles. The van der Waals surface area contributed by atoms with Crippen LogP contribution in [0.25, 0.3) is 0 Å². The number of ether oxygens (including phenoxy) is 3. The minimum atomic E-state index is -0.508. The maximum absolute atomic E-state index is 12.2. The van der Waals surface area contributed by atoms with Crippen molar-refractivity contribution < 1.29 is 19.0 Å². The molecule has 0 bridgehead atoms. The molecule has 0 saturated carbocycles. The van der Waals surface area contributed by atoms with E-state index in [1.165, 1.54) is 39.5 Å². The molecule has 0 saturated heterocycles. The van der Waals surface area contributed by atoms with Crippen LogP contribution in [0.1, 0.15) is 0 Å².